The molecule has 1 fully saturated rings. The Bertz CT molecular complexity index is 893. The first-order chi connectivity index (χ1) is 14.8. The predicted molar refractivity (Wildman–Crippen MR) is 119 cm³/mol. The highest BCUT2D eigenvalue weighted by Gasteiger charge is 2.23. The van der Waals surface area contributed by atoms with E-state index in [2.05, 4.69) is 34.7 Å². The zero-order chi connectivity index (χ0) is 22.4. The fraction of sp³-hybridized carbons (Fsp3) is 0.524. The number of carbonyl (C=O) groups is 2. The number of nitrogens with one attached hydrogen (secondary N) is 2. The van der Waals surface area contributed by atoms with Gasteiger partial charge in [0.1, 0.15) is 12.4 Å². The molecule has 1 aliphatic rings. The topological polar surface area (TPSA) is 124 Å². The van der Waals surface area contributed by atoms with Gasteiger partial charge in [0.15, 0.2) is 5.82 Å². The van der Waals surface area contributed by atoms with Crippen LogP contribution >= 0.6 is 11.8 Å². The van der Waals surface area contributed by atoms with Gasteiger partial charge < -0.3 is 15.9 Å². The smallest absolute Gasteiger partial charge is 0.321 e. The highest BCUT2D eigenvalue weighted by molar-refractivity contribution is 8.00. The molecule has 1 heterocycles. The van der Waals surface area contributed by atoms with E-state index in [1.807, 2.05) is 24.3 Å². The first-order valence-electron chi connectivity index (χ1n) is 10.5. The van der Waals surface area contributed by atoms with E-state index < -0.39 is 17.2 Å². The minimum Gasteiger partial charge on any atom is -0.486 e. The lowest BCUT2D eigenvalue weighted by Crippen LogP contribution is -2.46. The second kappa shape index (κ2) is 10.5. The predicted octanol–water partition coefficient (Wildman–Crippen LogP) is 2.94. The fourth-order valence-electron chi connectivity index (χ4n) is 3.30. The van der Waals surface area contributed by atoms with Crippen LogP contribution in [0.4, 0.5) is 4.79 Å². The third kappa shape index (κ3) is 6.36. The second-order valence-corrected chi connectivity index (χ2v) is 9.29. The molecule has 3 amide bonds. The van der Waals surface area contributed by atoms with Gasteiger partial charge in [0.25, 0.3) is 0 Å². The quantitative estimate of drug-likeness (QED) is 0.421. The van der Waals surface area contributed by atoms with Gasteiger partial charge in [0.2, 0.25) is 11.1 Å². The molecule has 4 N–H and O–H groups in total. The fourth-order valence-corrected chi connectivity index (χ4v) is 4.09. The molecule has 10 heteroatoms. The average molecular weight is 447 g/mol. The van der Waals surface area contributed by atoms with Crippen LogP contribution < -0.4 is 21.2 Å². The molecule has 1 aliphatic carbocycles. The van der Waals surface area contributed by atoms with E-state index in [1.165, 1.54) is 10.2 Å². The Kier molecular flexibility index (Phi) is 7.78. The Morgan fingerprint density at radius 2 is 1.87 bits per heavy atom. The van der Waals surface area contributed by atoms with E-state index in [0.717, 1.165) is 37.4 Å². The summed E-state index contributed by atoms with van der Waals surface area (Å²) in [6, 6.07) is 7.55. The first-order valence-corrected chi connectivity index (χ1v) is 11.4. The average Bonchev–Trinajstić information content (AvgIpc) is 3.37. The van der Waals surface area contributed by atoms with Crippen LogP contribution in [0, 0.1) is 0 Å². The SMILES string of the molecule is CC(Sc1nnc(COc2ccc(C(C)C)cc2)n1N)C(=O)NC(=O)NC1CCCC1. The highest BCUT2D eigenvalue weighted by atomic mass is 32.2. The molecule has 1 saturated carbocycles. The van der Waals surface area contributed by atoms with Crippen molar-refractivity contribution in [2.75, 3.05) is 5.84 Å². The molecule has 31 heavy (non-hydrogen) atoms. The maximum atomic E-state index is 12.3. The molecule has 3 rings (SSSR count). The number of ether oxygens (including phenoxy) is 1. The number of amides is 3. The molecule has 9 nitrogen and oxygen atoms in total. The summed E-state index contributed by atoms with van der Waals surface area (Å²) < 4.78 is 7.05. The number of nitrogens with zero attached hydrogens (tertiary/aromatic N) is 3. The van der Waals surface area contributed by atoms with Gasteiger partial charge in [-0.3, -0.25) is 10.1 Å². The molecule has 1 aromatic heterocycles. The van der Waals surface area contributed by atoms with Crippen molar-refractivity contribution >= 4 is 23.7 Å². The molecular weight excluding hydrogens is 416 g/mol. The third-order valence-corrected chi connectivity index (χ3v) is 6.29. The number of nitrogens with two attached hydrogens (primary N) is 1. The Morgan fingerprint density at radius 1 is 1.19 bits per heavy atom. The maximum Gasteiger partial charge on any atom is 0.321 e. The van der Waals surface area contributed by atoms with Crippen LogP contribution in [0.25, 0.3) is 0 Å². The number of hydrogen-bond donors (Lipinski definition) is 3. The summed E-state index contributed by atoms with van der Waals surface area (Å²) in [4.78, 5) is 24.3. The summed E-state index contributed by atoms with van der Waals surface area (Å²) in [6.07, 6.45) is 4.11. The van der Waals surface area contributed by atoms with Crippen LogP contribution in [-0.2, 0) is 11.4 Å². The molecule has 0 aliphatic heterocycles. The van der Waals surface area contributed by atoms with Crippen LogP contribution in [0.5, 0.6) is 5.75 Å². The number of thioether (sulfide) groups is 1. The Labute approximate surface area is 186 Å². The number of aromatic nitrogens is 3. The Hall–Kier alpha value is -2.75. The van der Waals surface area contributed by atoms with Gasteiger partial charge in [-0.15, -0.1) is 10.2 Å². The second-order valence-electron chi connectivity index (χ2n) is 7.99. The molecule has 1 atom stereocenters. The Morgan fingerprint density at radius 3 is 2.52 bits per heavy atom. The standard InChI is InChI=1S/C21H30N6O3S/c1-13(2)15-8-10-17(11-9-15)30-12-18-25-26-21(27(18)22)31-14(3)19(28)24-20(29)23-16-6-4-5-7-16/h8-11,13-14,16H,4-7,12,22H2,1-3H3,(H2,23,24,28,29). The number of carbonyl (C=O) groups excluding carboxylic acids is 2. The lowest BCUT2D eigenvalue weighted by molar-refractivity contribution is -0.119. The maximum absolute atomic E-state index is 12.3. The minimum absolute atomic E-state index is 0.145. The van der Waals surface area contributed by atoms with Crippen LogP contribution in [0.2, 0.25) is 0 Å². The third-order valence-electron chi connectivity index (χ3n) is 5.23. The largest absolute Gasteiger partial charge is 0.486 e. The zero-order valence-electron chi connectivity index (χ0n) is 18.1. The van der Waals surface area contributed by atoms with Crippen LogP contribution in [0.3, 0.4) is 0 Å². The van der Waals surface area contributed by atoms with E-state index in [0.29, 0.717) is 22.6 Å². The lowest BCUT2D eigenvalue weighted by Gasteiger charge is -2.14. The van der Waals surface area contributed by atoms with E-state index in [1.54, 1.807) is 6.92 Å². The van der Waals surface area contributed by atoms with Gasteiger partial charge in [-0.1, -0.05) is 50.6 Å². The number of imide groups is 1. The Balaban J connectivity index is 1.49. The number of hydrogen-bond acceptors (Lipinski definition) is 7. The molecule has 168 valence electrons. The van der Waals surface area contributed by atoms with Crippen molar-refractivity contribution < 1.29 is 14.3 Å². The zero-order valence-corrected chi connectivity index (χ0v) is 18.9. The van der Waals surface area contributed by atoms with E-state index in [9.17, 15) is 9.59 Å². The summed E-state index contributed by atoms with van der Waals surface area (Å²) in [5, 5.41) is 13.1. The number of benzene rings is 1. The van der Waals surface area contributed by atoms with Crippen molar-refractivity contribution in [2.45, 2.75) is 75.4 Å². The van der Waals surface area contributed by atoms with Crippen LogP contribution in [0.15, 0.2) is 29.4 Å². The summed E-state index contributed by atoms with van der Waals surface area (Å²) >= 11 is 1.13. The van der Waals surface area contributed by atoms with E-state index in [-0.39, 0.29) is 12.6 Å². The number of nitrogen functional groups attached to an aromatic ring is 1. The summed E-state index contributed by atoms with van der Waals surface area (Å²) in [7, 11) is 0. The van der Waals surface area contributed by atoms with Gasteiger partial charge in [-0.25, -0.2) is 9.47 Å². The number of urea groups is 1. The summed E-state index contributed by atoms with van der Waals surface area (Å²) in [5.74, 6) is 7.25. The van der Waals surface area contributed by atoms with Gasteiger partial charge in [-0.2, -0.15) is 0 Å². The number of rotatable bonds is 8. The van der Waals surface area contributed by atoms with Gasteiger partial charge in [-0.05, 0) is 43.4 Å². The van der Waals surface area contributed by atoms with Crippen molar-refractivity contribution in [2.24, 2.45) is 0 Å². The molecule has 0 spiro atoms. The summed E-state index contributed by atoms with van der Waals surface area (Å²) in [6.45, 7) is 6.10. The van der Waals surface area contributed by atoms with E-state index >= 15 is 0 Å². The molecular formula is C21H30N6O3S. The highest BCUT2D eigenvalue weighted by Crippen LogP contribution is 2.22. The van der Waals surface area contributed by atoms with Gasteiger partial charge >= 0.3 is 6.03 Å². The van der Waals surface area contributed by atoms with Crippen molar-refractivity contribution in [3.63, 3.8) is 0 Å². The normalized spacial score (nSPS) is 15.1. The van der Waals surface area contributed by atoms with Crippen LogP contribution in [0.1, 0.15) is 63.8 Å². The van der Waals surface area contributed by atoms with Gasteiger partial charge in [0, 0.05) is 6.04 Å². The van der Waals surface area contributed by atoms with E-state index in [4.69, 9.17) is 10.6 Å². The molecule has 2 aromatic rings. The van der Waals surface area contributed by atoms with Gasteiger partial charge in [0.05, 0.1) is 5.25 Å². The molecule has 0 bridgehead atoms. The molecule has 1 aromatic carbocycles. The minimum atomic E-state index is -0.571. The van der Waals surface area contributed by atoms with Crippen molar-refractivity contribution in [1.82, 2.24) is 25.5 Å². The molecule has 0 saturated heterocycles. The lowest BCUT2D eigenvalue weighted by atomic mass is 10.0. The van der Waals surface area contributed by atoms with Crippen molar-refractivity contribution in [3.8, 4) is 5.75 Å². The molecule has 1 unspecified atom stereocenters. The van der Waals surface area contributed by atoms with Crippen molar-refractivity contribution in [3.05, 3.63) is 35.7 Å². The van der Waals surface area contributed by atoms with Crippen molar-refractivity contribution in [1.29, 1.82) is 0 Å². The monoisotopic (exact) mass is 446 g/mol. The molecule has 0 radical (unpaired) electrons. The summed E-state index contributed by atoms with van der Waals surface area (Å²) in [5.41, 5.74) is 1.23. The van der Waals surface area contributed by atoms with Crippen LogP contribution in [-0.4, -0.2) is 38.1 Å². The first kappa shape index (κ1) is 22.9.